The smallest absolute Gasteiger partial charge is 0.272 e. The predicted octanol–water partition coefficient (Wildman–Crippen LogP) is 2.34. The molecular formula is C10H5Cl2N3O. The summed E-state index contributed by atoms with van der Waals surface area (Å²) in [5.41, 5.74) is 0.224. The summed E-state index contributed by atoms with van der Waals surface area (Å²) in [7, 11) is 0. The van der Waals surface area contributed by atoms with Crippen LogP contribution in [0.1, 0.15) is 5.69 Å². The van der Waals surface area contributed by atoms with Gasteiger partial charge in [-0.05, 0) is 18.2 Å². The van der Waals surface area contributed by atoms with Crippen molar-refractivity contribution in [3.8, 4) is 11.8 Å². The van der Waals surface area contributed by atoms with Crippen molar-refractivity contribution in [2.45, 2.75) is 0 Å². The summed E-state index contributed by atoms with van der Waals surface area (Å²) in [6, 6.07) is 7.78. The number of hydrogen-bond acceptors (Lipinski definition) is 2. The maximum Gasteiger partial charge on any atom is 0.272 e. The predicted molar refractivity (Wildman–Crippen MR) is 61.1 cm³/mol. The van der Waals surface area contributed by atoms with Gasteiger partial charge in [0.05, 0.1) is 10.7 Å². The Labute approximate surface area is 101 Å². The number of rotatable bonds is 1. The van der Waals surface area contributed by atoms with Gasteiger partial charge in [-0.2, -0.15) is 5.26 Å². The van der Waals surface area contributed by atoms with Crippen LogP contribution >= 0.6 is 23.2 Å². The monoisotopic (exact) mass is 253 g/mol. The molecule has 0 fully saturated rings. The Kier molecular flexibility index (Phi) is 2.73. The molecule has 0 unspecified atom stereocenters. The minimum atomic E-state index is -0.360. The van der Waals surface area contributed by atoms with Crippen molar-refractivity contribution in [1.29, 1.82) is 5.26 Å². The molecule has 0 atom stereocenters. The molecule has 0 spiro atoms. The van der Waals surface area contributed by atoms with E-state index in [1.807, 2.05) is 6.07 Å². The van der Waals surface area contributed by atoms with Crippen LogP contribution in [0.15, 0.2) is 29.1 Å². The fraction of sp³-hybridized carbons (Fsp3) is 0. The molecule has 16 heavy (non-hydrogen) atoms. The Balaban J connectivity index is 2.68. The standard InChI is InChI=1S/C10H5Cl2N3O/c11-6-1-2-8(12)9(3-6)15-10(16)4-7(5-13)14-15/h1-4,14H. The minimum absolute atomic E-state index is 0.168. The first-order chi connectivity index (χ1) is 7.61. The number of nitrogens with zero attached hydrogens (tertiary/aromatic N) is 2. The van der Waals surface area contributed by atoms with E-state index in [2.05, 4.69) is 5.10 Å². The number of nitrogens with one attached hydrogen (secondary N) is 1. The third-order valence-corrected chi connectivity index (χ3v) is 2.54. The van der Waals surface area contributed by atoms with Crippen LogP contribution < -0.4 is 5.56 Å². The third-order valence-electron chi connectivity index (χ3n) is 1.99. The molecule has 4 nitrogen and oxygen atoms in total. The van der Waals surface area contributed by atoms with Gasteiger partial charge in [0.1, 0.15) is 11.8 Å². The van der Waals surface area contributed by atoms with Gasteiger partial charge in [0.15, 0.2) is 0 Å². The second-order valence-corrected chi connectivity index (χ2v) is 3.89. The number of H-pyrrole nitrogens is 1. The largest absolute Gasteiger partial charge is 0.281 e. The zero-order valence-electron chi connectivity index (χ0n) is 7.87. The lowest BCUT2D eigenvalue weighted by Crippen LogP contribution is -2.13. The molecule has 0 aliphatic heterocycles. The van der Waals surface area contributed by atoms with Gasteiger partial charge in [0.25, 0.3) is 5.56 Å². The lowest BCUT2D eigenvalue weighted by atomic mass is 10.3. The van der Waals surface area contributed by atoms with E-state index in [-0.39, 0.29) is 11.3 Å². The van der Waals surface area contributed by atoms with E-state index in [1.54, 1.807) is 18.2 Å². The van der Waals surface area contributed by atoms with Crippen molar-refractivity contribution >= 4 is 23.2 Å². The molecule has 6 heteroatoms. The van der Waals surface area contributed by atoms with Crippen molar-refractivity contribution in [3.05, 3.63) is 50.4 Å². The first-order valence-electron chi connectivity index (χ1n) is 4.29. The highest BCUT2D eigenvalue weighted by Gasteiger charge is 2.08. The van der Waals surface area contributed by atoms with Crippen LogP contribution in [0.25, 0.3) is 5.69 Å². The van der Waals surface area contributed by atoms with Crippen molar-refractivity contribution in [2.24, 2.45) is 0 Å². The fourth-order valence-corrected chi connectivity index (χ4v) is 1.66. The summed E-state index contributed by atoms with van der Waals surface area (Å²) >= 11 is 11.7. The number of aromatic nitrogens is 2. The van der Waals surface area contributed by atoms with Gasteiger partial charge in [-0.1, -0.05) is 23.2 Å². The summed E-state index contributed by atoms with van der Waals surface area (Å²) in [4.78, 5) is 11.5. The van der Waals surface area contributed by atoms with E-state index in [1.165, 1.54) is 10.7 Å². The maximum absolute atomic E-state index is 11.5. The number of halogens is 2. The number of benzene rings is 1. The van der Waals surface area contributed by atoms with E-state index in [9.17, 15) is 4.79 Å². The molecule has 0 radical (unpaired) electrons. The average Bonchev–Trinajstić information content (AvgIpc) is 2.63. The van der Waals surface area contributed by atoms with Gasteiger partial charge in [-0.25, -0.2) is 4.68 Å². The molecule has 1 aromatic carbocycles. The van der Waals surface area contributed by atoms with Crippen molar-refractivity contribution in [3.63, 3.8) is 0 Å². The molecule has 2 aromatic rings. The van der Waals surface area contributed by atoms with Crippen molar-refractivity contribution in [2.75, 3.05) is 0 Å². The Hall–Kier alpha value is -1.70. The normalized spacial score (nSPS) is 10.1. The highest BCUT2D eigenvalue weighted by molar-refractivity contribution is 6.34. The average molecular weight is 254 g/mol. The molecule has 1 N–H and O–H groups in total. The molecule has 0 bridgehead atoms. The molecule has 2 rings (SSSR count). The molecule has 0 saturated heterocycles. The maximum atomic E-state index is 11.5. The SMILES string of the molecule is N#Cc1cc(=O)n(-c2cc(Cl)ccc2Cl)[nH]1. The summed E-state index contributed by atoms with van der Waals surface area (Å²) in [6.07, 6.45) is 0. The van der Waals surface area contributed by atoms with E-state index in [4.69, 9.17) is 28.5 Å². The fourth-order valence-electron chi connectivity index (χ4n) is 1.29. The lowest BCUT2D eigenvalue weighted by molar-refractivity contribution is 0.844. The van der Waals surface area contributed by atoms with E-state index >= 15 is 0 Å². The Morgan fingerprint density at radius 3 is 2.69 bits per heavy atom. The quantitative estimate of drug-likeness (QED) is 0.848. The van der Waals surface area contributed by atoms with Gasteiger partial charge >= 0.3 is 0 Å². The highest BCUT2D eigenvalue weighted by atomic mass is 35.5. The third kappa shape index (κ3) is 1.83. The minimum Gasteiger partial charge on any atom is -0.281 e. The van der Waals surface area contributed by atoms with Crippen molar-refractivity contribution < 1.29 is 0 Å². The van der Waals surface area contributed by atoms with Gasteiger partial charge in [0.2, 0.25) is 0 Å². The Morgan fingerprint density at radius 2 is 2.06 bits per heavy atom. The molecule has 80 valence electrons. The highest BCUT2D eigenvalue weighted by Crippen LogP contribution is 2.22. The van der Waals surface area contributed by atoms with Crippen LogP contribution in [0.4, 0.5) is 0 Å². The molecule has 0 amide bonds. The number of aromatic amines is 1. The zero-order valence-corrected chi connectivity index (χ0v) is 9.38. The lowest BCUT2D eigenvalue weighted by Gasteiger charge is -2.04. The van der Waals surface area contributed by atoms with Crippen LogP contribution in [0.3, 0.4) is 0 Å². The van der Waals surface area contributed by atoms with E-state index < -0.39 is 0 Å². The second-order valence-electron chi connectivity index (χ2n) is 3.05. The molecule has 0 saturated carbocycles. The van der Waals surface area contributed by atoms with Crippen LogP contribution in [0.5, 0.6) is 0 Å². The second kappa shape index (κ2) is 4.05. The van der Waals surface area contributed by atoms with E-state index in [0.29, 0.717) is 15.7 Å². The van der Waals surface area contributed by atoms with Crippen LogP contribution in [0, 0.1) is 11.3 Å². The van der Waals surface area contributed by atoms with Gasteiger partial charge < -0.3 is 0 Å². The van der Waals surface area contributed by atoms with Crippen LogP contribution in [0.2, 0.25) is 10.0 Å². The molecule has 1 heterocycles. The summed E-state index contributed by atoms with van der Waals surface area (Å²) in [5.74, 6) is 0. The topological polar surface area (TPSA) is 61.6 Å². The summed E-state index contributed by atoms with van der Waals surface area (Å²) < 4.78 is 1.17. The van der Waals surface area contributed by atoms with Crippen LogP contribution in [-0.2, 0) is 0 Å². The van der Waals surface area contributed by atoms with Gasteiger partial charge in [-0.15, -0.1) is 0 Å². The number of hydrogen-bond donors (Lipinski definition) is 1. The van der Waals surface area contributed by atoms with E-state index in [0.717, 1.165) is 0 Å². The zero-order chi connectivity index (χ0) is 11.7. The molecular weight excluding hydrogens is 249 g/mol. The Morgan fingerprint density at radius 1 is 1.31 bits per heavy atom. The first kappa shape index (κ1) is 10.8. The summed E-state index contributed by atoms with van der Waals surface area (Å²) in [6.45, 7) is 0. The number of nitriles is 1. The van der Waals surface area contributed by atoms with Crippen LogP contribution in [-0.4, -0.2) is 9.78 Å². The molecule has 0 aliphatic rings. The Bertz CT molecular complexity index is 636. The van der Waals surface area contributed by atoms with Gasteiger partial charge in [-0.3, -0.25) is 9.89 Å². The first-order valence-corrected chi connectivity index (χ1v) is 5.05. The van der Waals surface area contributed by atoms with Gasteiger partial charge in [0, 0.05) is 11.1 Å². The molecule has 1 aromatic heterocycles. The van der Waals surface area contributed by atoms with Crippen molar-refractivity contribution in [1.82, 2.24) is 9.78 Å². The molecule has 0 aliphatic carbocycles. The summed E-state index contributed by atoms with van der Waals surface area (Å²) in [5, 5.41) is 12.1.